The fraction of sp³-hybridized carbons (Fsp3) is 0.633. The van der Waals surface area contributed by atoms with E-state index in [9.17, 15) is 9.59 Å². The van der Waals surface area contributed by atoms with E-state index in [0.717, 1.165) is 75.7 Å². The summed E-state index contributed by atoms with van der Waals surface area (Å²) in [6.07, 6.45) is 5.34. The smallest absolute Gasteiger partial charge is 0.311 e. The first-order chi connectivity index (χ1) is 18.3. The summed E-state index contributed by atoms with van der Waals surface area (Å²) in [5.74, 6) is 1.17. The molecule has 38 heavy (non-hydrogen) atoms. The minimum Gasteiger partial charge on any atom is -0.474 e. The number of esters is 2. The summed E-state index contributed by atoms with van der Waals surface area (Å²) in [4.78, 5) is 30.6. The zero-order valence-electron chi connectivity index (χ0n) is 22.9. The first-order valence-corrected chi connectivity index (χ1v) is 14.0. The fourth-order valence-corrected chi connectivity index (χ4v) is 5.92. The Balaban J connectivity index is 1.07. The molecular weight excluding hydrogens is 482 g/mol. The number of benzene rings is 1. The van der Waals surface area contributed by atoms with Crippen LogP contribution in [0.5, 0.6) is 5.88 Å². The van der Waals surface area contributed by atoms with Gasteiger partial charge in [0.25, 0.3) is 0 Å². The largest absolute Gasteiger partial charge is 0.474 e. The first kappa shape index (κ1) is 26.9. The van der Waals surface area contributed by atoms with Crippen LogP contribution >= 0.6 is 0 Å². The topological polar surface area (TPSA) is 90.0 Å². The summed E-state index contributed by atoms with van der Waals surface area (Å²) in [5.41, 5.74) is 2.29. The van der Waals surface area contributed by atoms with Crippen LogP contribution in [0.1, 0.15) is 51.5 Å². The van der Waals surface area contributed by atoms with Gasteiger partial charge in [-0.15, -0.1) is 0 Å². The van der Waals surface area contributed by atoms with Crippen molar-refractivity contribution in [2.75, 3.05) is 39.9 Å². The van der Waals surface area contributed by atoms with Crippen LogP contribution in [-0.4, -0.2) is 67.8 Å². The molecule has 1 aromatic heterocycles. The quantitative estimate of drug-likeness (QED) is 0.468. The maximum Gasteiger partial charge on any atom is 0.311 e. The molecular formula is C30H41N3O5. The van der Waals surface area contributed by atoms with Crippen LogP contribution in [0.4, 0.5) is 0 Å². The number of hydrogen-bond acceptors (Lipinski definition) is 8. The third kappa shape index (κ3) is 6.29. The first-order valence-electron chi connectivity index (χ1n) is 14.0. The molecule has 1 N–H and O–H groups in total. The Bertz CT molecular complexity index is 1130. The van der Waals surface area contributed by atoms with E-state index in [4.69, 9.17) is 19.2 Å². The molecule has 2 aromatic rings. The van der Waals surface area contributed by atoms with Crippen LogP contribution in [-0.2, 0) is 25.6 Å². The number of ether oxygens (including phenoxy) is 3. The second kappa shape index (κ2) is 11.6. The van der Waals surface area contributed by atoms with Crippen molar-refractivity contribution in [3.63, 3.8) is 0 Å². The van der Waals surface area contributed by atoms with E-state index < -0.39 is 0 Å². The van der Waals surface area contributed by atoms with E-state index in [-0.39, 0.29) is 35.3 Å². The molecule has 5 rings (SSSR count). The summed E-state index contributed by atoms with van der Waals surface area (Å²) >= 11 is 0. The van der Waals surface area contributed by atoms with Crippen molar-refractivity contribution in [2.24, 2.45) is 23.2 Å². The molecule has 0 atom stereocenters. The van der Waals surface area contributed by atoms with E-state index in [1.54, 1.807) is 0 Å². The zero-order chi connectivity index (χ0) is 26.7. The van der Waals surface area contributed by atoms with Crippen LogP contribution in [0.3, 0.4) is 0 Å². The number of nitrogens with zero attached hydrogens (tertiary/aromatic N) is 2. The molecule has 0 bridgehead atoms. The highest BCUT2D eigenvalue weighted by Gasteiger charge is 2.35. The van der Waals surface area contributed by atoms with Crippen LogP contribution in [0.15, 0.2) is 30.3 Å². The molecule has 2 saturated heterocycles. The van der Waals surface area contributed by atoms with E-state index in [1.165, 1.54) is 12.7 Å². The number of carbonyl (C=O) groups is 2. The Morgan fingerprint density at radius 1 is 1.03 bits per heavy atom. The highest BCUT2D eigenvalue weighted by atomic mass is 16.5. The molecule has 3 fully saturated rings. The molecule has 0 amide bonds. The Morgan fingerprint density at radius 2 is 1.79 bits per heavy atom. The highest BCUT2D eigenvalue weighted by molar-refractivity contribution is 5.80. The molecule has 8 heteroatoms. The van der Waals surface area contributed by atoms with Crippen molar-refractivity contribution in [2.45, 2.75) is 58.6 Å². The van der Waals surface area contributed by atoms with Gasteiger partial charge in [-0.05, 0) is 67.2 Å². The molecule has 0 radical (unpaired) electrons. The van der Waals surface area contributed by atoms with Crippen LogP contribution in [0, 0.1) is 23.2 Å². The van der Waals surface area contributed by atoms with Gasteiger partial charge in [-0.1, -0.05) is 19.9 Å². The number of rotatable bonds is 10. The fourth-order valence-electron chi connectivity index (χ4n) is 5.92. The Hall–Kier alpha value is -2.71. The number of nitrogens with one attached hydrogen (secondary N) is 1. The van der Waals surface area contributed by atoms with Crippen LogP contribution in [0.2, 0.25) is 0 Å². The number of hydrogen-bond donors (Lipinski definition) is 1. The number of fused-ring (bicyclic) bond motifs is 1. The summed E-state index contributed by atoms with van der Waals surface area (Å²) in [5, 5.41) is 4.21. The van der Waals surface area contributed by atoms with Gasteiger partial charge in [0, 0.05) is 44.2 Å². The van der Waals surface area contributed by atoms with E-state index in [1.807, 2.05) is 6.07 Å². The lowest BCUT2D eigenvalue weighted by molar-refractivity contribution is -0.152. The normalized spacial score (nSPS) is 22.9. The monoisotopic (exact) mass is 523 g/mol. The minimum absolute atomic E-state index is 0.00206. The Labute approximate surface area is 225 Å². The van der Waals surface area contributed by atoms with Crippen molar-refractivity contribution in [1.82, 2.24) is 15.2 Å². The summed E-state index contributed by atoms with van der Waals surface area (Å²) in [6, 6.07) is 10.4. The predicted octanol–water partition coefficient (Wildman–Crippen LogP) is 3.96. The average molecular weight is 524 g/mol. The van der Waals surface area contributed by atoms with Crippen LogP contribution < -0.4 is 10.1 Å². The minimum atomic E-state index is -0.117. The molecule has 1 aliphatic carbocycles. The van der Waals surface area contributed by atoms with Gasteiger partial charge in [-0.2, -0.15) is 0 Å². The van der Waals surface area contributed by atoms with Crippen molar-refractivity contribution >= 4 is 22.8 Å². The third-order valence-corrected chi connectivity index (χ3v) is 8.80. The molecule has 3 heterocycles. The Morgan fingerprint density at radius 3 is 2.47 bits per heavy atom. The summed E-state index contributed by atoms with van der Waals surface area (Å²) in [6.45, 7) is 8.93. The molecule has 0 spiro atoms. The van der Waals surface area contributed by atoms with Gasteiger partial charge in [-0.25, -0.2) is 4.98 Å². The molecule has 3 aliphatic rings. The lowest BCUT2D eigenvalue weighted by Gasteiger charge is -2.39. The Kier molecular flexibility index (Phi) is 8.19. The van der Waals surface area contributed by atoms with Gasteiger partial charge in [0.2, 0.25) is 5.88 Å². The van der Waals surface area contributed by atoms with Crippen molar-refractivity contribution in [3.8, 4) is 5.88 Å². The summed E-state index contributed by atoms with van der Waals surface area (Å²) in [7, 11) is 1.45. The van der Waals surface area contributed by atoms with Gasteiger partial charge >= 0.3 is 11.9 Å². The van der Waals surface area contributed by atoms with Crippen molar-refractivity contribution in [3.05, 3.63) is 35.9 Å². The molecule has 1 aromatic carbocycles. The van der Waals surface area contributed by atoms with Gasteiger partial charge in [0.1, 0.15) is 6.10 Å². The SMILES string of the molecule is COC(=O)C1CN(Cc2ccc3nc(OC4CCC(C(C)(C)CCOC(=O)C5CNC5)CC4)ccc3c2)C1. The maximum absolute atomic E-state index is 12.0. The number of methoxy groups -OCH3 is 1. The van der Waals surface area contributed by atoms with Gasteiger partial charge in [0.15, 0.2) is 0 Å². The number of likely N-dealkylation sites (tertiary alicyclic amines) is 1. The highest BCUT2D eigenvalue weighted by Crippen LogP contribution is 2.41. The molecule has 206 valence electrons. The molecule has 0 unspecified atom stereocenters. The lowest BCUT2D eigenvalue weighted by Crippen LogP contribution is -2.49. The van der Waals surface area contributed by atoms with Gasteiger partial charge in [-0.3, -0.25) is 14.5 Å². The second-order valence-electron chi connectivity index (χ2n) is 11.9. The van der Waals surface area contributed by atoms with E-state index in [2.05, 4.69) is 48.3 Å². The van der Waals surface area contributed by atoms with E-state index in [0.29, 0.717) is 18.4 Å². The maximum atomic E-state index is 12.0. The standard InChI is InChI=1S/C30H41N3O5/c1-30(2,12-13-37-29(35)22-15-31-16-22)24-6-8-25(9-7-24)38-27-11-5-21-14-20(4-10-26(21)32-27)17-33-18-23(19-33)28(34)36-3/h4-5,10-11,14,22-25,31H,6-9,12-13,15-19H2,1-3H3. The van der Waals surface area contributed by atoms with Crippen molar-refractivity contribution < 1.29 is 23.8 Å². The summed E-state index contributed by atoms with van der Waals surface area (Å²) < 4.78 is 16.7. The zero-order valence-corrected chi connectivity index (χ0v) is 22.9. The van der Waals surface area contributed by atoms with Gasteiger partial charge in [0.05, 0.1) is 31.1 Å². The molecule has 2 aliphatic heterocycles. The van der Waals surface area contributed by atoms with Crippen molar-refractivity contribution in [1.29, 1.82) is 0 Å². The average Bonchev–Trinajstić information content (AvgIpc) is 2.84. The van der Waals surface area contributed by atoms with Gasteiger partial charge < -0.3 is 19.5 Å². The second-order valence-corrected chi connectivity index (χ2v) is 11.9. The number of carbonyl (C=O) groups excluding carboxylic acids is 2. The van der Waals surface area contributed by atoms with E-state index >= 15 is 0 Å². The number of aromatic nitrogens is 1. The predicted molar refractivity (Wildman–Crippen MR) is 145 cm³/mol. The van der Waals surface area contributed by atoms with Crippen LogP contribution in [0.25, 0.3) is 10.9 Å². The number of pyridine rings is 1. The molecule has 1 saturated carbocycles. The molecule has 8 nitrogen and oxygen atoms in total. The lowest BCUT2D eigenvalue weighted by atomic mass is 9.69. The third-order valence-electron chi connectivity index (χ3n) is 8.80.